The number of carbonyl (C=O) groups is 1. The van der Waals surface area contributed by atoms with Crippen LogP contribution >= 0.6 is 0 Å². The third-order valence-corrected chi connectivity index (χ3v) is 3.71. The molecule has 1 aromatic rings. The van der Waals surface area contributed by atoms with Crippen LogP contribution in [0.4, 0.5) is 18.9 Å². The van der Waals surface area contributed by atoms with E-state index in [1.807, 2.05) is 0 Å². The summed E-state index contributed by atoms with van der Waals surface area (Å²) in [6.07, 6.45) is 2.60. The van der Waals surface area contributed by atoms with E-state index < -0.39 is 18.2 Å². The Morgan fingerprint density at radius 2 is 2.19 bits per heavy atom. The first kappa shape index (κ1) is 15.6. The first-order chi connectivity index (χ1) is 10.0. The molecule has 116 valence electrons. The van der Waals surface area contributed by atoms with E-state index >= 15 is 0 Å². The Kier molecular flexibility index (Phi) is 5.06. The van der Waals surface area contributed by atoms with Gasteiger partial charge in [-0.15, -0.1) is 0 Å². The van der Waals surface area contributed by atoms with Gasteiger partial charge in [-0.25, -0.2) is 4.39 Å². The standard InChI is InChI=1S/C14H17F3N2O2/c15-11-6-9(4-5-12(11)21-14(16)17)19-13(20)10-3-1-2-8(10)7-18/h4-6,8,10,14H,1-3,7,18H2,(H,19,20). The SMILES string of the molecule is NCC1CCCC1C(=O)Nc1ccc(OC(F)F)c(F)c1. The van der Waals surface area contributed by atoms with Crippen molar-refractivity contribution in [2.45, 2.75) is 25.9 Å². The molecule has 1 fully saturated rings. The number of hydrogen-bond donors (Lipinski definition) is 2. The third kappa shape index (κ3) is 3.87. The molecule has 1 saturated carbocycles. The van der Waals surface area contributed by atoms with Crippen LogP contribution in [0.2, 0.25) is 0 Å². The smallest absolute Gasteiger partial charge is 0.387 e. The number of halogens is 3. The number of anilines is 1. The molecule has 2 rings (SSSR count). The average Bonchev–Trinajstić information content (AvgIpc) is 2.90. The highest BCUT2D eigenvalue weighted by Gasteiger charge is 2.31. The van der Waals surface area contributed by atoms with E-state index in [0.717, 1.165) is 31.4 Å². The Balaban J connectivity index is 2.02. The van der Waals surface area contributed by atoms with Crippen LogP contribution in [0.15, 0.2) is 18.2 Å². The molecule has 7 heteroatoms. The summed E-state index contributed by atoms with van der Waals surface area (Å²) in [6, 6.07) is 3.35. The first-order valence-electron chi connectivity index (χ1n) is 6.76. The number of nitrogens with one attached hydrogen (secondary N) is 1. The van der Waals surface area contributed by atoms with Crippen LogP contribution < -0.4 is 15.8 Å². The minimum Gasteiger partial charge on any atom is -0.432 e. The van der Waals surface area contributed by atoms with Crippen molar-refractivity contribution in [3.63, 3.8) is 0 Å². The number of alkyl halides is 2. The second-order valence-corrected chi connectivity index (χ2v) is 5.05. The zero-order chi connectivity index (χ0) is 15.4. The molecule has 0 bridgehead atoms. The minimum absolute atomic E-state index is 0.135. The van der Waals surface area contributed by atoms with Crippen LogP contribution in [0.1, 0.15) is 19.3 Å². The van der Waals surface area contributed by atoms with Crippen LogP contribution in [-0.2, 0) is 4.79 Å². The number of amides is 1. The second-order valence-electron chi connectivity index (χ2n) is 5.05. The summed E-state index contributed by atoms with van der Waals surface area (Å²) < 4.78 is 41.6. The maximum absolute atomic E-state index is 13.6. The first-order valence-corrected chi connectivity index (χ1v) is 6.76. The van der Waals surface area contributed by atoms with Gasteiger partial charge in [0.2, 0.25) is 5.91 Å². The normalized spacial score (nSPS) is 21.6. The van der Waals surface area contributed by atoms with Crippen LogP contribution in [-0.4, -0.2) is 19.1 Å². The molecule has 1 aliphatic carbocycles. The fourth-order valence-corrected chi connectivity index (χ4v) is 2.67. The number of nitrogens with two attached hydrogens (primary N) is 1. The van der Waals surface area contributed by atoms with Crippen molar-refractivity contribution < 1.29 is 22.7 Å². The molecule has 0 spiro atoms. The molecule has 0 saturated heterocycles. The highest BCUT2D eigenvalue weighted by atomic mass is 19.3. The van der Waals surface area contributed by atoms with E-state index in [-0.39, 0.29) is 23.4 Å². The van der Waals surface area contributed by atoms with E-state index in [4.69, 9.17) is 5.73 Å². The van der Waals surface area contributed by atoms with Gasteiger partial charge in [-0.1, -0.05) is 6.42 Å². The zero-order valence-corrected chi connectivity index (χ0v) is 11.3. The third-order valence-electron chi connectivity index (χ3n) is 3.71. The maximum Gasteiger partial charge on any atom is 0.387 e. The molecular formula is C14H17F3N2O2. The summed E-state index contributed by atoms with van der Waals surface area (Å²) in [4.78, 5) is 12.1. The molecule has 0 aliphatic heterocycles. The van der Waals surface area contributed by atoms with Crippen molar-refractivity contribution in [3.8, 4) is 5.75 Å². The lowest BCUT2D eigenvalue weighted by atomic mass is 9.95. The number of benzene rings is 1. The number of ether oxygens (including phenoxy) is 1. The predicted molar refractivity (Wildman–Crippen MR) is 71.5 cm³/mol. The molecule has 0 aromatic heterocycles. The highest BCUT2D eigenvalue weighted by Crippen LogP contribution is 2.32. The van der Waals surface area contributed by atoms with Crippen LogP contribution in [0.5, 0.6) is 5.75 Å². The number of rotatable bonds is 5. The van der Waals surface area contributed by atoms with Crippen molar-refractivity contribution in [2.24, 2.45) is 17.6 Å². The molecular weight excluding hydrogens is 285 g/mol. The predicted octanol–water partition coefficient (Wildman–Crippen LogP) is 2.74. The summed E-state index contributed by atoms with van der Waals surface area (Å²) in [7, 11) is 0. The van der Waals surface area contributed by atoms with Crippen LogP contribution in [0.3, 0.4) is 0 Å². The number of carbonyl (C=O) groups excluding carboxylic acids is 1. The van der Waals surface area contributed by atoms with Crippen molar-refractivity contribution in [3.05, 3.63) is 24.0 Å². The Morgan fingerprint density at radius 1 is 1.43 bits per heavy atom. The molecule has 2 unspecified atom stereocenters. The van der Waals surface area contributed by atoms with Gasteiger partial charge in [0, 0.05) is 17.7 Å². The Morgan fingerprint density at radius 3 is 2.81 bits per heavy atom. The van der Waals surface area contributed by atoms with Gasteiger partial charge in [0.25, 0.3) is 0 Å². The Bertz CT molecular complexity index is 511. The van der Waals surface area contributed by atoms with E-state index in [1.54, 1.807) is 0 Å². The summed E-state index contributed by atoms with van der Waals surface area (Å²) in [5, 5.41) is 2.59. The molecule has 1 aliphatic rings. The molecule has 4 nitrogen and oxygen atoms in total. The lowest BCUT2D eigenvalue weighted by molar-refractivity contribution is -0.120. The average molecular weight is 302 g/mol. The summed E-state index contributed by atoms with van der Waals surface area (Å²) >= 11 is 0. The summed E-state index contributed by atoms with van der Waals surface area (Å²) in [5.74, 6) is -1.77. The lowest BCUT2D eigenvalue weighted by Gasteiger charge is -2.17. The zero-order valence-electron chi connectivity index (χ0n) is 11.3. The quantitative estimate of drug-likeness (QED) is 0.879. The fourth-order valence-electron chi connectivity index (χ4n) is 2.67. The van der Waals surface area contributed by atoms with Gasteiger partial charge in [0.1, 0.15) is 0 Å². The largest absolute Gasteiger partial charge is 0.432 e. The van der Waals surface area contributed by atoms with Gasteiger partial charge in [0.05, 0.1) is 0 Å². The van der Waals surface area contributed by atoms with Crippen molar-refractivity contribution in [1.82, 2.24) is 0 Å². The highest BCUT2D eigenvalue weighted by molar-refractivity contribution is 5.93. The van der Waals surface area contributed by atoms with Gasteiger partial charge >= 0.3 is 6.61 Å². The van der Waals surface area contributed by atoms with E-state index in [2.05, 4.69) is 10.1 Å². The van der Waals surface area contributed by atoms with E-state index in [1.165, 1.54) is 6.07 Å². The second kappa shape index (κ2) is 6.80. The monoisotopic (exact) mass is 302 g/mol. The van der Waals surface area contributed by atoms with Gasteiger partial charge < -0.3 is 15.8 Å². The number of hydrogen-bond acceptors (Lipinski definition) is 3. The Labute approximate surface area is 120 Å². The molecule has 1 aromatic carbocycles. The van der Waals surface area contributed by atoms with Gasteiger partial charge in [-0.2, -0.15) is 8.78 Å². The molecule has 0 heterocycles. The van der Waals surface area contributed by atoms with E-state index in [0.29, 0.717) is 6.54 Å². The van der Waals surface area contributed by atoms with Crippen molar-refractivity contribution >= 4 is 11.6 Å². The van der Waals surface area contributed by atoms with Crippen molar-refractivity contribution in [1.29, 1.82) is 0 Å². The van der Waals surface area contributed by atoms with Crippen molar-refractivity contribution in [2.75, 3.05) is 11.9 Å². The van der Waals surface area contributed by atoms with Gasteiger partial charge in [0.15, 0.2) is 11.6 Å². The summed E-state index contributed by atoms with van der Waals surface area (Å²) in [6.45, 7) is -2.66. The van der Waals surface area contributed by atoms with E-state index in [9.17, 15) is 18.0 Å². The molecule has 21 heavy (non-hydrogen) atoms. The summed E-state index contributed by atoms with van der Waals surface area (Å²) in [5.41, 5.74) is 5.83. The lowest BCUT2D eigenvalue weighted by Crippen LogP contribution is -2.29. The fraction of sp³-hybridized carbons (Fsp3) is 0.500. The van der Waals surface area contributed by atoms with Gasteiger partial charge in [-0.05, 0) is 37.4 Å². The molecule has 1 amide bonds. The maximum atomic E-state index is 13.6. The molecule has 2 atom stereocenters. The molecule has 3 N–H and O–H groups in total. The Hall–Kier alpha value is -1.76. The topological polar surface area (TPSA) is 64.4 Å². The van der Waals surface area contributed by atoms with Gasteiger partial charge in [-0.3, -0.25) is 4.79 Å². The molecule has 0 radical (unpaired) electrons. The minimum atomic E-state index is -3.09. The van der Waals surface area contributed by atoms with Crippen LogP contribution in [0, 0.1) is 17.7 Å². The van der Waals surface area contributed by atoms with Crippen LogP contribution in [0.25, 0.3) is 0 Å².